The Bertz CT molecular complexity index is 1750. The van der Waals surface area contributed by atoms with Crippen LogP contribution in [0.25, 0.3) is 0 Å². The van der Waals surface area contributed by atoms with Crippen molar-refractivity contribution in [2.75, 3.05) is 13.2 Å². The first-order chi connectivity index (χ1) is 39.5. The summed E-state index contributed by atoms with van der Waals surface area (Å²) in [5, 5.41) is 0. The molecule has 0 spiro atoms. The third kappa shape index (κ3) is 64.1. The summed E-state index contributed by atoms with van der Waals surface area (Å²) in [7, 11) is 0. The number of carbonyl (C=O) groups is 3. The number of allylic oxidation sites excluding steroid dienone is 24. The van der Waals surface area contributed by atoms with E-state index in [0.717, 1.165) is 148 Å². The van der Waals surface area contributed by atoms with Gasteiger partial charge in [0.25, 0.3) is 0 Å². The largest absolute Gasteiger partial charge is 0.462 e. The van der Waals surface area contributed by atoms with Crippen LogP contribution in [0.1, 0.15) is 284 Å². The van der Waals surface area contributed by atoms with E-state index < -0.39 is 6.10 Å². The molecule has 0 saturated heterocycles. The molecule has 0 amide bonds. The maximum atomic E-state index is 12.8. The molecule has 1 atom stereocenters. The summed E-state index contributed by atoms with van der Waals surface area (Å²) in [6, 6.07) is 0. The Kier molecular flexibility index (Phi) is 62.9. The second kappa shape index (κ2) is 66.8. The number of carbonyl (C=O) groups excluding carboxylic acids is 3. The Balaban J connectivity index is 4.15. The summed E-state index contributed by atoms with van der Waals surface area (Å²) in [6.45, 7) is 6.43. The van der Waals surface area contributed by atoms with Crippen LogP contribution >= 0.6 is 0 Å². The van der Waals surface area contributed by atoms with E-state index >= 15 is 0 Å². The predicted molar refractivity (Wildman–Crippen MR) is 348 cm³/mol. The molecule has 0 rings (SSSR count). The van der Waals surface area contributed by atoms with Crippen LogP contribution in [0.3, 0.4) is 0 Å². The Morgan fingerprint density at radius 1 is 0.263 bits per heavy atom. The SMILES string of the molecule is CC/C=C\C/C=C\C/C=C\C/C=C\C/C=C\C/C=C\C/C=C\C/C=C\C/C=C\CCCCCCCCCC(=O)OCC(COC(=O)CCCCCCCC)OC(=O)CCCCCCCC/C=C\C/C=C\C/C=C\CCCCCCC. The lowest BCUT2D eigenvalue weighted by Gasteiger charge is -2.18. The Labute approximate surface area is 493 Å². The zero-order valence-corrected chi connectivity index (χ0v) is 51.8. The number of ether oxygens (including phenoxy) is 3. The first kappa shape index (κ1) is 75.3. The fraction of sp³-hybridized carbons (Fsp3) is 0.635. The van der Waals surface area contributed by atoms with Crippen LogP contribution in [-0.4, -0.2) is 37.2 Å². The first-order valence-electron chi connectivity index (χ1n) is 32.8. The lowest BCUT2D eigenvalue weighted by Crippen LogP contribution is -2.30. The molecule has 0 saturated carbocycles. The highest BCUT2D eigenvalue weighted by Gasteiger charge is 2.19. The van der Waals surface area contributed by atoms with Gasteiger partial charge in [0, 0.05) is 19.3 Å². The van der Waals surface area contributed by atoms with Gasteiger partial charge < -0.3 is 14.2 Å². The van der Waals surface area contributed by atoms with Crippen molar-refractivity contribution in [3.8, 4) is 0 Å². The highest BCUT2D eigenvalue weighted by Crippen LogP contribution is 2.14. The van der Waals surface area contributed by atoms with Crippen molar-refractivity contribution in [3.05, 3.63) is 146 Å². The average Bonchev–Trinajstić information content (AvgIpc) is 3.46. The van der Waals surface area contributed by atoms with E-state index in [9.17, 15) is 14.4 Å². The zero-order valence-electron chi connectivity index (χ0n) is 51.8. The van der Waals surface area contributed by atoms with Crippen LogP contribution in [0.2, 0.25) is 0 Å². The van der Waals surface area contributed by atoms with Gasteiger partial charge in [-0.1, -0.05) is 282 Å². The van der Waals surface area contributed by atoms with E-state index in [1.807, 2.05) is 0 Å². The van der Waals surface area contributed by atoms with Crippen LogP contribution in [-0.2, 0) is 28.6 Å². The molecule has 0 radical (unpaired) electrons. The average molecular weight is 1110 g/mol. The quantitative estimate of drug-likeness (QED) is 0.0261. The zero-order chi connectivity index (χ0) is 57.8. The summed E-state index contributed by atoms with van der Waals surface area (Å²) in [6.07, 6.45) is 96.0. The maximum absolute atomic E-state index is 12.8. The lowest BCUT2D eigenvalue weighted by atomic mass is 10.1. The number of rotatable bonds is 58. The van der Waals surface area contributed by atoms with Gasteiger partial charge in [-0.2, -0.15) is 0 Å². The molecule has 0 fully saturated rings. The van der Waals surface area contributed by atoms with E-state index in [2.05, 4.69) is 167 Å². The summed E-state index contributed by atoms with van der Waals surface area (Å²) in [5.41, 5.74) is 0. The third-order valence-corrected chi connectivity index (χ3v) is 13.6. The summed E-state index contributed by atoms with van der Waals surface area (Å²) in [4.78, 5) is 38.0. The second-order valence-corrected chi connectivity index (χ2v) is 21.3. The predicted octanol–water partition coefficient (Wildman–Crippen LogP) is 22.7. The van der Waals surface area contributed by atoms with Gasteiger partial charge in [-0.25, -0.2) is 0 Å². The van der Waals surface area contributed by atoms with Gasteiger partial charge in [-0.3, -0.25) is 14.4 Å². The molecule has 80 heavy (non-hydrogen) atoms. The minimum atomic E-state index is -0.792. The number of esters is 3. The molecule has 0 N–H and O–H groups in total. The Morgan fingerprint density at radius 2 is 0.487 bits per heavy atom. The van der Waals surface area contributed by atoms with Crippen LogP contribution in [0.4, 0.5) is 0 Å². The van der Waals surface area contributed by atoms with E-state index in [1.165, 1.54) is 96.3 Å². The Morgan fingerprint density at radius 3 is 0.762 bits per heavy atom. The van der Waals surface area contributed by atoms with Gasteiger partial charge in [-0.05, 0) is 128 Å². The molecule has 0 aromatic carbocycles. The molecule has 6 nitrogen and oxygen atoms in total. The smallest absolute Gasteiger partial charge is 0.306 e. The van der Waals surface area contributed by atoms with Crippen LogP contribution in [0.15, 0.2) is 146 Å². The van der Waals surface area contributed by atoms with Crippen molar-refractivity contribution >= 4 is 17.9 Å². The topological polar surface area (TPSA) is 78.9 Å². The van der Waals surface area contributed by atoms with E-state index in [-0.39, 0.29) is 31.1 Å². The van der Waals surface area contributed by atoms with Crippen molar-refractivity contribution in [2.45, 2.75) is 290 Å². The second-order valence-electron chi connectivity index (χ2n) is 21.3. The molecular weight excluding hydrogens is 985 g/mol. The van der Waals surface area contributed by atoms with Crippen molar-refractivity contribution < 1.29 is 28.6 Å². The molecule has 0 aromatic rings. The minimum Gasteiger partial charge on any atom is -0.462 e. The Hall–Kier alpha value is -4.71. The number of hydrogen-bond acceptors (Lipinski definition) is 6. The van der Waals surface area contributed by atoms with Crippen molar-refractivity contribution in [1.29, 1.82) is 0 Å². The van der Waals surface area contributed by atoms with Gasteiger partial charge in [-0.15, -0.1) is 0 Å². The van der Waals surface area contributed by atoms with E-state index in [4.69, 9.17) is 14.2 Å². The summed E-state index contributed by atoms with van der Waals surface area (Å²) >= 11 is 0. The van der Waals surface area contributed by atoms with Gasteiger partial charge in [0.2, 0.25) is 0 Å². The van der Waals surface area contributed by atoms with Crippen molar-refractivity contribution in [3.63, 3.8) is 0 Å². The molecular formula is C74H120O6. The lowest BCUT2D eigenvalue weighted by molar-refractivity contribution is -0.167. The number of unbranched alkanes of at least 4 members (excludes halogenated alkanes) is 23. The summed E-state index contributed by atoms with van der Waals surface area (Å²) in [5.74, 6) is -0.925. The molecule has 6 heteroatoms. The molecule has 0 aromatic heterocycles. The van der Waals surface area contributed by atoms with E-state index in [1.54, 1.807) is 0 Å². The van der Waals surface area contributed by atoms with Gasteiger partial charge in [0.05, 0.1) is 0 Å². The number of hydrogen-bond donors (Lipinski definition) is 0. The normalized spacial score (nSPS) is 13.1. The minimum absolute atomic E-state index is 0.0902. The molecule has 0 aliphatic carbocycles. The standard InChI is InChI=1S/C74H120O6/c1-4-7-10-13-16-18-20-22-24-26-28-30-31-32-33-34-35-36-37-38-39-40-41-42-43-45-46-48-50-52-54-56-58-61-64-67-73(76)79-70-71(69-78-72(75)66-63-60-15-12-9-6-3)80-74(77)68-65-62-59-57-55-53-51-49-47-44-29-27-25-23-21-19-17-14-11-8-5-2/h7,10,16,18,21-24,27-30,32-33,35-36,38-39,41-42,45-47,49,71H,4-6,8-9,11-15,17,19-20,25-26,31,34,37,40,43-44,48,50-70H2,1-3H3/b10-7-,18-16-,23-21-,24-22-,29-27-,30-28-,33-32-,36-35-,39-38-,42-41-,46-45-,49-47-. The van der Waals surface area contributed by atoms with Crippen LogP contribution < -0.4 is 0 Å². The van der Waals surface area contributed by atoms with Crippen LogP contribution in [0, 0.1) is 0 Å². The first-order valence-corrected chi connectivity index (χ1v) is 32.8. The molecule has 452 valence electrons. The van der Waals surface area contributed by atoms with Crippen molar-refractivity contribution in [2.24, 2.45) is 0 Å². The molecule has 1 unspecified atom stereocenters. The fourth-order valence-corrected chi connectivity index (χ4v) is 8.68. The van der Waals surface area contributed by atoms with Gasteiger partial charge >= 0.3 is 17.9 Å². The summed E-state index contributed by atoms with van der Waals surface area (Å²) < 4.78 is 16.8. The van der Waals surface area contributed by atoms with Crippen molar-refractivity contribution in [1.82, 2.24) is 0 Å². The van der Waals surface area contributed by atoms with E-state index in [0.29, 0.717) is 19.3 Å². The fourth-order valence-electron chi connectivity index (χ4n) is 8.68. The monoisotopic (exact) mass is 1100 g/mol. The van der Waals surface area contributed by atoms with Gasteiger partial charge in [0.15, 0.2) is 6.10 Å². The molecule has 0 aliphatic rings. The molecule has 0 aliphatic heterocycles. The van der Waals surface area contributed by atoms with Crippen LogP contribution in [0.5, 0.6) is 0 Å². The highest BCUT2D eigenvalue weighted by atomic mass is 16.6. The van der Waals surface area contributed by atoms with Gasteiger partial charge in [0.1, 0.15) is 13.2 Å². The third-order valence-electron chi connectivity index (χ3n) is 13.6. The highest BCUT2D eigenvalue weighted by molar-refractivity contribution is 5.71. The molecule has 0 heterocycles. The maximum Gasteiger partial charge on any atom is 0.306 e. The molecule has 0 bridgehead atoms.